The summed E-state index contributed by atoms with van der Waals surface area (Å²) in [6.45, 7) is 3.01. The molecule has 4 heteroatoms. The van der Waals surface area contributed by atoms with Crippen LogP contribution in [0.4, 0.5) is 4.79 Å². The van der Waals surface area contributed by atoms with Crippen LogP contribution in [-0.4, -0.2) is 11.4 Å². The minimum Gasteiger partial charge on any atom is -0.402 e. The molecule has 0 rings (SSSR count). The molecule has 7 heavy (non-hydrogen) atoms. The molecular formula is C3H4O4. The molecule has 0 aromatic carbocycles. The van der Waals surface area contributed by atoms with Crippen molar-refractivity contribution in [2.75, 3.05) is 0 Å². The van der Waals surface area contributed by atoms with E-state index in [0.29, 0.717) is 0 Å². The van der Waals surface area contributed by atoms with Gasteiger partial charge in [-0.2, -0.15) is 5.26 Å². The van der Waals surface area contributed by atoms with Gasteiger partial charge in [-0.3, -0.25) is 4.89 Å². The highest BCUT2D eigenvalue weighted by Crippen LogP contribution is 1.78. The fraction of sp³-hybridized carbons (Fsp3) is 0. The summed E-state index contributed by atoms with van der Waals surface area (Å²) in [6.07, 6.45) is -0.339. The summed E-state index contributed by atoms with van der Waals surface area (Å²) in [4.78, 5) is 12.7. The second-order valence-corrected chi connectivity index (χ2v) is 0.626. The molecule has 0 atom stereocenters. The van der Waals surface area contributed by atoms with E-state index >= 15 is 0 Å². The lowest BCUT2D eigenvalue weighted by atomic mass is 11.1. The third kappa shape index (κ3) is 2.78. The average Bonchev–Trinajstić information content (AvgIpc) is 1.68. The Bertz CT molecular complexity index is 77.0. The van der Waals surface area contributed by atoms with Crippen LogP contribution in [-0.2, 0) is 9.62 Å². The van der Waals surface area contributed by atoms with Crippen LogP contribution in [0.5, 0.6) is 0 Å². The van der Waals surface area contributed by atoms with Gasteiger partial charge in [-0.15, -0.1) is 0 Å². The van der Waals surface area contributed by atoms with Crippen molar-refractivity contribution in [1.82, 2.24) is 0 Å². The Morgan fingerprint density at radius 1 is 1.86 bits per heavy atom. The van der Waals surface area contributed by atoms with Gasteiger partial charge in [0.25, 0.3) is 0 Å². The van der Waals surface area contributed by atoms with E-state index < -0.39 is 6.16 Å². The highest BCUT2D eigenvalue weighted by Gasteiger charge is 1.94. The monoisotopic (exact) mass is 104 g/mol. The summed E-state index contributed by atoms with van der Waals surface area (Å²) in [7, 11) is 0. The molecule has 0 saturated carbocycles. The van der Waals surface area contributed by atoms with Gasteiger partial charge in [-0.05, 0) is 0 Å². The molecule has 0 unspecified atom stereocenters. The summed E-state index contributed by atoms with van der Waals surface area (Å²) in [5.41, 5.74) is 0. The van der Waals surface area contributed by atoms with Gasteiger partial charge in [0.15, 0.2) is 0 Å². The third-order valence-electron chi connectivity index (χ3n) is 0.254. The highest BCUT2D eigenvalue weighted by atomic mass is 17.1. The zero-order valence-electron chi connectivity index (χ0n) is 3.46. The Hall–Kier alpha value is -1.03. The first-order valence-electron chi connectivity index (χ1n) is 1.44. The largest absolute Gasteiger partial charge is 0.545 e. The summed E-state index contributed by atoms with van der Waals surface area (Å²) in [6, 6.07) is 0. The molecular weight excluding hydrogens is 100 g/mol. The van der Waals surface area contributed by atoms with Crippen LogP contribution >= 0.6 is 0 Å². The number of carbonyl (C=O) groups is 1. The molecule has 1 N–H and O–H groups in total. The maximum absolute atomic E-state index is 9.65. The molecule has 0 heterocycles. The lowest BCUT2D eigenvalue weighted by molar-refractivity contribution is -0.195. The normalized spacial score (nSPS) is 7.00. The number of rotatable bonds is 1. The van der Waals surface area contributed by atoms with E-state index in [1.165, 1.54) is 0 Å². The van der Waals surface area contributed by atoms with E-state index in [4.69, 9.17) is 5.26 Å². The average molecular weight is 104 g/mol. The van der Waals surface area contributed by atoms with Crippen molar-refractivity contribution in [3.63, 3.8) is 0 Å². The van der Waals surface area contributed by atoms with E-state index in [1.54, 1.807) is 0 Å². The molecule has 0 aliphatic rings. The molecule has 4 nitrogen and oxygen atoms in total. The lowest BCUT2D eigenvalue weighted by Crippen LogP contribution is -1.97. The van der Waals surface area contributed by atoms with Gasteiger partial charge in [0.2, 0.25) is 0 Å². The maximum Gasteiger partial charge on any atom is 0.545 e. The van der Waals surface area contributed by atoms with Crippen molar-refractivity contribution in [3.05, 3.63) is 12.8 Å². The molecule has 0 aliphatic heterocycles. The maximum atomic E-state index is 9.65. The molecule has 0 spiro atoms. The first kappa shape index (κ1) is 5.97. The van der Waals surface area contributed by atoms with Gasteiger partial charge >= 0.3 is 6.16 Å². The zero-order chi connectivity index (χ0) is 5.70. The van der Waals surface area contributed by atoms with Gasteiger partial charge in [-0.1, -0.05) is 6.58 Å². The fourth-order valence-corrected chi connectivity index (χ4v) is 0.0896. The molecule has 0 aromatic rings. The summed E-state index contributed by atoms with van der Waals surface area (Å²) >= 11 is 0. The summed E-state index contributed by atoms with van der Waals surface area (Å²) in [5, 5.41) is 7.44. The summed E-state index contributed by atoms with van der Waals surface area (Å²) < 4.78 is 3.84. The Kier molecular flexibility index (Phi) is 2.70. The van der Waals surface area contributed by atoms with Crippen molar-refractivity contribution in [2.24, 2.45) is 0 Å². The van der Waals surface area contributed by atoms with Crippen molar-refractivity contribution in [1.29, 1.82) is 0 Å². The van der Waals surface area contributed by atoms with Gasteiger partial charge in [0.1, 0.15) is 0 Å². The second-order valence-electron chi connectivity index (χ2n) is 0.626. The molecule has 0 aliphatic carbocycles. The van der Waals surface area contributed by atoms with E-state index in [9.17, 15) is 4.79 Å². The molecule has 0 fully saturated rings. The number of carbonyl (C=O) groups excluding carboxylic acids is 1. The third-order valence-corrected chi connectivity index (χ3v) is 0.254. The van der Waals surface area contributed by atoms with Crippen LogP contribution in [0.25, 0.3) is 0 Å². The number of hydrogen-bond acceptors (Lipinski definition) is 4. The van der Waals surface area contributed by atoms with Crippen molar-refractivity contribution >= 4 is 6.16 Å². The quantitative estimate of drug-likeness (QED) is 0.231. The van der Waals surface area contributed by atoms with Crippen LogP contribution in [0.3, 0.4) is 0 Å². The van der Waals surface area contributed by atoms with E-state index in [1.807, 2.05) is 0 Å². The van der Waals surface area contributed by atoms with Crippen LogP contribution in [0, 0.1) is 0 Å². The summed E-state index contributed by atoms with van der Waals surface area (Å²) in [5.74, 6) is 0. The van der Waals surface area contributed by atoms with Crippen LogP contribution in [0.2, 0.25) is 0 Å². The van der Waals surface area contributed by atoms with E-state index in [0.717, 1.165) is 6.26 Å². The second kappa shape index (κ2) is 3.17. The number of hydrogen-bond donors (Lipinski definition) is 1. The Balaban J connectivity index is 3.17. The van der Waals surface area contributed by atoms with Gasteiger partial charge in [0, 0.05) is 0 Å². The van der Waals surface area contributed by atoms with Crippen LogP contribution in [0.1, 0.15) is 0 Å². The van der Waals surface area contributed by atoms with Gasteiger partial charge in [-0.25, -0.2) is 4.79 Å². The van der Waals surface area contributed by atoms with Crippen LogP contribution < -0.4 is 0 Å². The minimum atomic E-state index is -1.19. The number of ether oxygens (including phenoxy) is 1. The standard InChI is InChI=1S/C3H4O4/c1-2-6-3(4)7-5/h2,5H,1H2. The Morgan fingerprint density at radius 3 is 2.57 bits per heavy atom. The smallest absolute Gasteiger partial charge is 0.402 e. The van der Waals surface area contributed by atoms with Crippen LogP contribution in [0.15, 0.2) is 12.8 Å². The molecule has 40 valence electrons. The lowest BCUT2D eigenvalue weighted by Gasteiger charge is -1.87. The SMILES string of the molecule is C=COC(=O)OO. The minimum absolute atomic E-state index is 0.846. The molecule has 0 amide bonds. The van der Waals surface area contributed by atoms with E-state index in [-0.39, 0.29) is 0 Å². The predicted molar refractivity (Wildman–Crippen MR) is 20.4 cm³/mol. The van der Waals surface area contributed by atoms with Crippen molar-refractivity contribution in [2.45, 2.75) is 0 Å². The van der Waals surface area contributed by atoms with E-state index in [2.05, 4.69) is 16.2 Å². The topological polar surface area (TPSA) is 55.8 Å². The first-order chi connectivity index (χ1) is 3.31. The molecule has 0 bridgehead atoms. The zero-order valence-corrected chi connectivity index (χ0v) is 3.46. The highest BCUT2D eigenvalue weighted by molar-refractivity contribution is 5.59. The Labute approximate surface area is 39.9 Å². The van der Waals surface area contributed by atoms with Gasteiger partial charge in [0.05, 0.1) is 6.26 Å². The predicted octanol–water partition coefficient (Wildman–Crippen LogP) is 0.756. The molecule has 0 saturated heterocycles. The molecule has 0 aromatic heterocycles. The van der Waals surface area contributed by atoms with Crippen molar-refractivity contribution in [3.8, 4) is 0 Å². The van der Waals surface area contributed by atoms with Gasteiger partial charge < -0.3 is 4.74 Å². The fourth-order valence-electron chi connectivity index (χ4n) is 0.0896. The van der Waals surface area contributed by atoms with Crippen molar-refractivity contribution < 1.29 is 19.7 Å². The molecule has 0 radical (unpaired) electrons. The first-order valence-corrected chi connectivity index (χ1v) is 1.44. The Morgan fingerprint density at radius 2 is 2.43 bits per heavy atom.